The molecule has 0 atom stereocenters. The van der Waals surface area contributed by atoms with Gasteiger partial charge in [-0.25, -0.2) is 0 Å². The van der Waals surface area contributed by atoms with Gasteiger partial charge < -0.3 is 14.8 Å². The number of nitrogens with one attached hydrogen (secondary N) is 1. The molecule has 1 aliphatic heterocycles. The molecular formula is C16H23NO2. The van der Waals surface area contributed by atoms with Crippen LogP contribution in [0.4, 0.5) is 0 Å². The fourth-order valence-corrected chi connectivity index (χ4v) is 3.61. The highest BCUT2D eigenvalue weighted by Crippen LogP contribution is 2.45. The second kappa shape index (κ2) is 4.89. The third kappa shape index (κ3) is 2.20. The molecule has 1 heterocycles. The van der Waals surface area contributed by atoms with Gasteiger partial charge in [-0.15, -0.1) is 0 Å². The maximum absolute atomic E-state index is 5.84. The highest BCUT2D eigenvalue weighted by molar-refractivity contribution is 5.33. The van der Waals surface area contributed by atoms with E-state index in [0.717, 1.165) is 38.9 Å². The van der Waals surface area contributed by atoms with E-state index in [1.807, 2.05) is 0 Å². The molecule has 0 unspecified atom stereocenters. The van der Waals surface area contributed by atoms with Crippen molar-refractivity contribution in [1.29, 1.82) is 0 Å². The molecule has 104 valence electrons. The monoisotopic (exact) mass is 261 g/mol. The lowest BCUT2D eigenvalue weighted by Gasteiger charge is -2.44. The van der Waals surface area contributed by atoms with E-state index in [1.54, 1.807) is 0 Å². The van der Waals surface area contributed by atoms with Crippen LogP contribution >= 0.6 is 0 Å². The van der Waals surface area contributed by atoms with Crippen LogP contribution in [0.15, 0.2) is 24.3 Å². The van der Waals surface area contributed by atoms with Gasteiger partial charge in [0.25, 0.3) is 0 Å². The highest BCUT2D eigenvalue weighted by Gasteiger charge is 2.46. The Labute approximate surface area is 115 Å². The maximum atomic E-state index is 5.84. The van der Waals surface area contributed by atoms with Crippen LogP contribution in [-0.2, 0) is 15.0 Å². The summed E-state index contributed by atoms with van der Waals surface area (Å²) >= 11 is 0. The summed E-state index contributed by atoms with van der Waals surface area (Å²) < 4.78 is 11.7. The summed E-state index contributed by atoms with van der Waals surface area (Å²) in [6.45, 7) is 3.69. The summed E-state index contributed by atoms with van der Waals surface area (Å²) in [6.07, 6.45) is 4.08. The number of ether oxygens (including phenoxy) is 2. The molecule has 3 rings (SSSR count). The summed E-state index contributed by atoms with van der Waals surface area (Å²) in [6, 6.07) is 8.69. The first-order valence-electron chi connectivity index (χ1n) is 7.23. The normalized spacial score (nSPS) is 24.7. The van der Waals surface area contributed by atoms with Gasteiger partial charge in [-0.1, -0.05) is 24.3 Å². The van der Waals surface area contributed by atoms with Crippen molar-refractivity contribution in [3.8, 4) is 0 Å². The fourth-order valence-electron chi connectivity index (χ4n) is 3.61. The Kier molecular flexibility index (Phi) is 3.37. The smallest absolute Gasteiger partial charge is 0.168 e. The molecule has 2 aliphatic rings. The molecule has 3 heteroatoms. The third-order valence-corrected chi connectivity index (χ3v) is 4.82. The van der Waals surface area contributed by atoms with Crippen LogP contribution in [0.1, 0.15) is 36.8 Å². The summed E-state index contributed by atoms with van der Waals surface area (Å²) in [5.41, 5.74) is 2.86. The summed E-state index contributed by atoms with van der Waals surface area (Å²) in [4.78, 5) is 0. The van der Waals surface area contributed by atoms with Crippen molar-refractivity contribution in [3.05, 3.63) is 35.4 Å². The first-order valence-corrected chi connectivity index (χ1v) is 7.23. The molecule has 0 amide bonds. The van der Waals surface area contributed by atoms with Gasteiger partial charge in [0.2, 0.25) is 0 Å². The molecular weight excluding hydrogens is 238 g/mol. The fraction of sp³-hybridized carbons (Fsp3) is 0.625. The number of aryl methyl sites for hydroxylation is 1. The van der Waals surface area contributed by atoms with Crippen LogP contribution in [0, 0.1) is 6.92 Å². The predicted molar refractivity (Wildman–Crippen MR) is 75.0 cm³/mol. The summed E-state index contributed by atoms with van der Waals surface area (Å²) in [5, 5.41) is 3.57. The van der Waals surface area contributed by atoms with Gasteiger partial charge in [-0.2, -0.15) is 0 Å². The lowest BCUT2D eigenvalue weighted by molar-refractivity contribution is -0.186. The first kappa shape index (κ1) is 13.1. The van der Waals surface area contributed by atoms with Crippen LogP contribution in [0.25, 0.3) is 0 Å². The van der Waals surface area contributed by atoms with Crippen LogP contribution < -0.4 is 5.32 Å². The highest BCUT2D eigenvalue weighted by atomic mass is 16.7. The van der Waals surface area contributed by atoms with E-state index in [0.29, 0.717) is 0 Å². The lowest BCUT2D eigenvalue weighted by atomic mass is 9.73. The standard InChI is InChI=1S/C16H23NO2/c1-13-5-3-4-6-14(13)15(17-2)7-9-16(10-8-15)18-11-12-19-16/h3-6,17H,7-12H2,1-2H3. The number of benzene rings is 1. The van der Waals surface area contributed by atoms with Crippen LogP contribution in [0.2, 0.25) is 0 Å². The Balaban J connectivity index is 1.84. The number of hydrogen-bond donors (Lipinski definition) is 1. The Morgan fingerprint density at radius 3 is 2.21 bits per heavy atom. The van der Waals surface area contributed by atoms with Crippen LogP contribution in [0.5, 0.6) is 0 Å². The molecule has 1 saturated carbocycles. The molecule has 0 bridgehead atoms. The number of rotatable bonds is 2. The molecule has 3 nitrogen and oxygen atoms in total. The van der Waals surface area contributed by atoms with Crippen molar-refractivity contribution in [3.63, 3.8) is 0 Å². The predicted octanol–water partition coefficient (Wildman–Crippen LogP) is 2.73. The van der Waals surface area contributed by atoms with Gasteiger partial charge in [0.1, 0.15) is 0 Å². The van der Waals surface area contributed by atoms with Gasteiger partial charge in [0, 0.05) is 18.4 Å². The second-order valence-electron chi connectivity index (χ2n) is 5.75. The Morgan fingerprint density at radius 1 is 1.00 bits per heavy atom. The maximum Gasteiger partial charge on any atom is 0.168 e. The van der Waals surface area contributed by atoms with Crippen molar-refractivity contribution in [2.24, 2.45) is 0 Å². The first-order chi connectivity index (χ1) is 9.20. The molecule has 0 aromatic heterocycles. The largest absolute Gasteiger partial charge is 0.348 e. The van der Waals surface area contributed by atoms with E-state index in [4.69, 9.17) is 9.47 Å². The van der Waals surface area contributed by atoms with Gasteiger partial charge in [0.15, 0.2) is 5.79 Å². The summed E-state index contributed by atoms with van der Waals surface area (Å²) in [7, 11) is 2.07. The zero-order valence-corrected chi connectivity index (χ0v) is 11.9. The molecule has 1 aliphatic carbocycles. The average molecular weight is 261 g/mol. The third-order valence-electron chi connectivity index (χ3n) is 4.82. The van der Waals surface area contributed by atoms with Gasteiger partial charge in [-0.05, 0) is 37.9 Å². The lowest BCUT2D eigenvalue weighted by Crippen LogP contribution is -2.49. The zero-order valence-electron chi connectivity index (χ0n) is 11.9. The molecule has 1 saturated heterocycles. The SMILES string of the molecule is CNC1(c2ccccc2C)CCC2(CC1)OCCO2. The van der Waals surface area contributed by atoms with Crippen LogP contribution in [-0.4, -0.2) is 26.0 Å². The van der Waals surface area contributed by atoms with E-state index in [2.05, 4.69) is 43.6 Å². The molecule has 1 spiro atoms. The van der Waals surface area contributed by atoms with Crippen molar-refractivity contribution in [2.75, 3.05) is 20.3 Å². The Bertz CT molecular complexity index is 442. The minimum Gasteiger partial charge on any atom is -0.348 e. The van der Waals surface area contributed by atoms with Crippen molar-refractivity contribution < 1.29 is 9.47 Å². The van der Waals surface area contributed by atoms with E-state index >= 15 is 0 Å². The molecule has 1 N–H and O–H groups in total. The average Bonchev–Trinajstić information content (AvgIpc) is 2.90. The molecule has 0 radical (unpaired) electrons. The molecule has 2 fully saturated rings. The Morgan fingerprint density at radius 2 is 1.63 bits per heavy atom. The Hall–Kier alpha value is -0.900. The minimum absolute atomic E-state index is 0.0753. The minimum atomic E-state index is -0.289. The van der Waals surface area contributed by atoms with Gasteiger partial charge >= 0.3 is 0 Å². The van der Waals surface area contributed by atoms with E-state index < -0.39 is 0 Å². The van der Waals surface area contributed by atoms with E-state index in [9.17, 15) is 0 Å². The van der Waals surface area contributed by atoms with E-state index in [1.165, 1.54) is 11.1 Å². The topological polar surface area (TPSA) is 30.5 Å². The van der Waals surface area contributed by atoms with Gasteiger partial charge in [0.05, 0.1) is 13.2 Å². The second-order valence-corrected chi connectivity index (χ2v) is 5.75. The van der Waals surface area contributed by atoms with Crippen molar-refractivity contribution >= 4 is 0 Å². The van der Waals surface area contributed by atoms with Crippen LogP contribution in [0.3, 0.4) is 0 Å². The van der Waals surface area contributed by atoms with Gasteiger partial charge in [-0.3, -0.25) is 0 Å². The summed E-state index contributed by atoms with van der Waals surface area (Å²) in [5.74, 6) is -0.289. The van der Waals surface area contributed by atoms with Crippen molar-refractivity contribution in [1.82, 2.24) is 5.32 Å². The quantitative estimate of drug-likeness (QED) is 0.888. The van der Waals surface area contributed by atoms with Crippen molar-refractivity contribution in [2.45, 2.75) is 43.9 Å². The van der Waals surface area contributed by atoms with E-state index in [-0.39, 0.29) is 11.3 Å². The zero-order chi connectivity index (χ0) is 13.3. The number of hydrogen-bond acceptors (Lipinski definition) is 3. The molecule has 19 heavy (non-hydrogen) atoms. The molecule has 1 aromatic rings. The molecule has 1 aromatic carbocycles.